The highest BCUT2D eigenvalue weighted by Crippen LogP contribution is 2.31. The van der Waals surface area contributed by atoms with Gasteiger partial charge in [-0.25, -0.2) is 0 Å². The van der Waals surface area contributed by atoms with E-state index in [0.29, 0.717) is 18.1 Å². The van der Waals surface area contributed by atoms with Crippen molar-refractivity contribution in [2.75, 3.05) is 13.2 Å². The van der Waals surface area contributed by atoms with Crippen LogP contribution in [0.25, 0.3) is 0 Å². The maximum Gasteiger partial charge on any atom is 0.303 e. The molecule has 2 rings (SSSR count). The Bertz CT molecular complexity index is 898. The zero-order chi connectivity index (χ0) is 27.4. The van der Waals surface area contributed by atoms with Crippen LogP contribution in [0, 0.1) is 0 Å². The molecule has 0 N–H and O–H groups in total. The van der Waals surface area contributed by atoms with E-state index in [2.05, 4.69) is 6.92 Å². The van der Waals surface area contributed by atoms with Crippen LogP contribution in [0.3, 0.4) is 0 Å². The molecule has 1 aromatic rings. The van der Waals surface area contributed by atoms with Gasteiger partial charge in [0, 0.05) is 27.7 Å². The highest BCUT2D eigenvalue weighted by molar-refractivity contribution is 5.68. The summed E-state index contributed by atoms with van der Waals surface area (Å²) < 4.78 is 38.8. The lowest BCUT2D eigenvalue weighted by Gasteiger charge is -2.43. The Morgan fingerprint density at radius 1 is 0.730 bits per heavy atom. The Balaban J connectivity index is 2.26. The van der Waals surface area contributed by atoms with Gasteiger partial charge in [0.15, 0.2) is 12.2 Å². The van der Waals surface area contributed by atoms with E-state index in [9.17, 15) is 19.2 Å². The number of carbonyl (C=O) groups is 4. The first-order valence-corrected chi connectivity index (χ1v) is 12.3. The minimum atomic E-state index is -1.30. The number of hydrogen-bond donors (Lipinski definition) is 0. The first-order chi connectivity index (χ1) is 17.6. The predicted octanol–water partition coefficient (Wildman–Crippen LogP) is 3.11. The lowest BCUT2D eigenvalue weighted by atomic mass is 9.98. The van der Waals surface area contributed by atoms with Gasteiger partial charge in [0.2, 0.25) is 12.4 Å². The van der Waals surface area contributed by atoms with Crippen molar-refractivity contribution in [2.45, 2.75) is 91.0 Å². The standard InChI is InChI=1S/C26H36O11/c1-6-7-8-9-14-31-20-10-12-21(13-11-20)36-26-25(35-19(5)30)24(34-18(4)29)23(33-17(3)28)22(37-26)15-32-16(2)27/h10-13,22-26H,6-9,14-15H2,1-5H3. The second kappa shape index (κ2) is 15.0. The average molecular weight is 525 g/mol. The van der Waals surface area contributed by atoms with E-state index in [1.807, 2.05) is 0 Å². The summed E-state index contributed by atoms with van der Waals surface area (Å²) in [4.78, 5) is 47.1. The molecule has 1 fully saturated rings. The molecule has 206 valence electrons. The fourth-order valence-electron chi connectivity index (χ4n) is 3.75. The Morgan fingerprint density at radius 3 is 1.86 bits per heavy atom. The average Bonchev–Trinajstić information content (AvgIpc) is 2.81. The molecule has 11 heteroatoms. The Kier molecular flexibility index (Phi) is 12.1. The van der Waals surface area contributed by atoms with Crippen molar-refractivity contribution < 1.29 is 52.3 Å². The van der Waals surface area contributed by atoms with Crippen molar-refractivity contribution in [3.05, 3.63) is 24.3 Å². The van der Waals surface area contributed by atoms with Gasteiger partial charge in [0.25, 0.3) is 0 Å². The van der Waals surface area contributed by atoms with Crippen LogP contribution in [0.1, 0.15) is 60.3 Å². The molecule has 0 radical (unpaired) electrons. The van der Waals surface area contributed by atoms with Gasteiger partial charge in [-0.2, -0.15) is 0 Å². The maximum atomic E-state index is 11.9. The molecule has 1 heterocycles. The molecule has 37 heavy (non-hydrogen) atoms. The van der Waals surface area contributed by atoms with Gasteiger partial charge >= 0.3 is 23.9 Å². The second-order valence-electron chi connectivity index (χ2n) is 8.57. The first kappa shape index (κ1) is 29.9. The number of esters is 4. The van der Waals surface area contributed by atoms with Crippen LogP contribution >= 0.6 is 0 Å². The van der Waals surface area contributed by atoms with Crippen LogP contribution in [0.4, 0.5) is 0 Å². The molecular formula is C26H36O11. The van der Waals surface area contributed by atoms with Gasteiger partial charge < -0.3 is 33.2 Å². The van der Waals surface area contributed by atoms with Crippen LogP contribution in [0.15, 0.2) is 24.3 Å². The zero-order valence-corrected chi connectivity index (χ0v) is 21.9. The normalized spacial score (nSPS) is 22.9. The molecular weight excluding hydrogens is 488 g/mol. The van der Waals surface area contributed by atoms with Crippen molar-refractivity contribution in [3.63, 3.8) is 0 Å². The molecule has 5 unspecified atom stereocenters. The zero-order valence-electron chi connectivity index (χ0n) is 21.9. The Morgan fingerprint density at radius 2 is 1.30 bits per heavy atom. The van der Waals surface area contributed by atoms with Gasteiger partial charge in [0.1, 0.15) is 24.2 Å². The number of rotatable bonds is 13. The quantitative estimate of drug-likeness (QED) is 0.214. The molecule has 1 aliphatic heterocycles. The van der Waals surface area contributed by atoms with E-state index < -0.39 is 54.6 Å². The smallest absolute Gasteiger partial charge is 0.303 e. The summed E-state index contributed by atoms with van der Waals surface area (Å²) in [5.74, 6) is -1.72. The molecule has 0 bridgehead atoms. The summed E-state index contributed by atoms with van der Waals surface area (Å²) in [6.45, 7) is 7.10. The van der Waals surface area contributed by atoms with Gasteiger partial charge in [-0.05, 0) is 30.7 Å². The summed E-state index contributed by atoms with van der Waals surface area (Å²) in [5.41, 5.74) is 0. The van der Waals surface area contributed by atoms with Gasteiger partial charge in [-0.3, -0.25) is 19.2 Å². The highest BCUT2D eigenvalue weighted by Gasteiger charge is 2.53. The molecule has 0 spiro atoms. The van der Waals surface area contributed by atoms with Crippen LogP contribution in [-0.4, -0.2) is 67.8 Å². The van der Waals surface area contributed by atoms with Crippen molar-refractivity contribution in [1.29, 1.82) is 0 Å². The SMILES string of the molecule is CCCCCCOc1ccc(OC2OC(COC(C)=O)C(OC(C)=O)C(OC(C)=O)C2OC(C)=O)cc1. The first-order valence-electron chi connectivity index (χ1n) is 12.3. The van der Waals surface area contributed by atoms with Crippen molar-refractivity contribution in [1.82, 2.24) is 0 Å². The van der Waals surface area contributed by atoms with E-state index in [4.69, 9.17) is 33.2 Å². The fourth-order valence-corrected chi connectivity index (χ4v) is 3.75. The third-order valence-corrected chi connectivity index (χ3v) is 5.29. The molecule has 0 amide bonds. The lowest BCUT2D eigenvalue weighted by molar-refractivity contribution is -0.288. The summed E-state index contributed by atoms with van der Waals surface area (Å²) in [5, 5.41) is 0. The van der Waals surface area contributed by atoms with E-state index in [1.54, 1.807) is 24.3 Å². The number of hydrogen-bond acceptors (Lipinski definition) is 11. The van der Waals surface area contributed by atoms with Crippen LogP contribution in [0.2, 0.25) is 0 Å². The highest BCUT2D eigenvalue weighted by atomic mass is 16.7. The van der Waals surface area contributed by atoms with Crippen molar-refractivity contribution in [2.24, 2.45) is 0 Å². The van der Waals surface area contributed by atoms with Crippen LogP contribution in [0.5, 0.6) is 11.5 Å². The molecule has 1 saturated heterocycles. The number of unbranched alkanes of at least 4 members (excludes halogenated alkanes) is 3. The topological polar surface area (TPSA) is 133 Å². The molecule has 11 nitrogen and oxygen atoms in total. The number of ether oxygens (including phenoxy) is 7. The predicted molar refractivity (Wildman–Crippen MR) is 129 cm³/mol. The summed E-state index contributed by atoms with van der Waals surface area (Å²) in [6.07, 6.45) is -1.85. The Hall–Kier alpha value is -3.34. The minimum absolute atomic E-state index is 0.331. The maximum absolute atomic E-state index is 11.9. The molecule has 5 atom stereocenters. The summed E-state index contributed by atoms with van der Waals surface area (Å²) in [6, 6.07) is 6.74. The molecule has 0 aromatic heterocycles. The van der Waals surface area contributed by atoms with Gasteiger partial charge in [-0.1, -0.05) is 26.2 Å². The van der Waals surface area contributed by atoms with E-state index in [0.717, 1.165) is 39.5 Å². The monoisotopic (exact) mass is 524 g/mol. The lowest BCUT2D eigenvalue weighted by Crippen LogP contribution is -2.63. The van der Waals surface area contributed by atoms with E-state index in [-0.39, 0.29) is 6.61 Å². The third kappa shape index (κ3) is 10.3. The molecule has 0 aliphatic carbocycles. The largest absolute Gasteiger partial charge is 0.494 e. The van der Waals surface area contributed by atoms with Crippen molar-refractivity contribution >= 4 is 23.9 Å². The summed E-state index contributed by atoms with van der Waals surface area (Å²) in [7, 11) is 0. The van der Waals surface area contributed by atoms with Crippen LogP contribution < -0.4 is 9.47 Å². The minimum Gasteiger partial charge on any atom is -0.494 e. The Labute approximate surface area is 216 Å². The number of benzene rings is 1. The van der Waals surface area contributed by atoms with E-state index >= 15 is 0 Å². The van der Waals surface area contributed by atoms with Gasteiger partial charge in [0.05, 0.1) is 6.61 Å². The van der Waals surface area contributed by atoms with Crippen molar-refractivity contribution in [3.8, 4) is 11.5 Å². The summed E-state index contributed by atoms with van der Waals surface area (Å²) >= 11 is 0. The van der Waals surface area contributed by atoms with E-state index in [1.165, 1.54) is 13.8 Å². The molecule has 0 saturated carbocycles. The fraction of sp³-hybridized carbons (Fsp3) is 0.615. The second-order valence-corrected chi connectivity index (χ2v) is 8.57. The third-order valence-electron chi connectivity index (χ3n) is 5.29. The molecule has 1 aromatic carbocycles. The van der Waals surface area contributed by atoms with Crippen LogP contribution in [-0.2, 0) is 42.9 Å². The molecule has 1 aliphatic rings. The van der Waals surface area contributed by atoms with Gasteiger partial charge in [-0.15, -0.1) is 0 Å². The number of carbonyl (C=O) groups excluding carboxylic acids is 4.